The number of aromatic nitrogens is 1. The molecule has 1 aromatic heterocycles. The van der Waals surface area contributed by atoms with Crippen molar-refractivity contribution in [3.05, 3.63) is 34.7 Å². The van der Waals surface area contributed by atoms with Gasteiger partial charge in [-0.2, -0.15) is 4.31 Å². The number of rotatable bonds is 5. The van der Waals surface area contributed by atoms with E-state index in [0.717, 1.165) is 17.5 Å². The molecule has 2 aromatic rings. The molecule has 2 rings (SSSR count). The van der Waals surface area contributed by atoms with Gasteiger partial charge in [0.2, 0.25) is 10.0 Å². The molecular weight excluding hydrogens is 352 g/mol. The van der Waals surface area contributed by atoms with E-state index >= 15 is 0 Å². The van der Waals surface area contributed by atoms with E-state index in [1.165, 1.54) is 27.0 Å². The SMILES string of the molecule is COC(=O)c1c(O)cc(O)cc1CN(C)S(=O)(=O)c1c(C)noc1C. The van der Waals surface area contributed by atoms with Gasteiger partial charge < -0.3 is 19.5 Å². The summed E-state index contributed by atoms with van der Waals surface area (Å²) in [5.41, 5.74) is 0.0691. The predicted octanol–water partition coefficient (Wildman–Crippen LogP) is 1.31. The normalized spacial score (nSPS) is 11.7. The number of esters is 1. The van der Waals surface area contributed by atoms with Crippen molar-refractivity contribution in [3.63, 3.8) is 0 Å². The lowest BCUT2D eigenvalue weighted by Gasteiger charge is -2.19. The van der Waals surface area contributed by atoms with Crippen LogP contribution in [0.25, 0.3) is 0 Å². The van der Waals surface area contributed by atoms with Crippen molar-refractivity contribution in [2.24, 2.45) is 0 Å². The highest BCUT2D eigenvalue weighted by Gasteiger charge is 2.30. The van der Waals surface area contributed by atoms with Crippen LogP contribution in [0.5, 0.6) is 11.5 Å². The molecule has 25 heavy (non-hydrogen) atoms. The molecule has 1 heterocycles. The van der Waals surface area contributed by atoms with E-state index in [4.69, 9.17) is 4.52 Å². The van der Waals surface area contributed by atoms with Gasteiger partial charge in [0.15, 0.2) is 5.76 Å². The molecule has 0 bridgehead atoms. The van der Waals surface area contributed by atoms with Gasteiger partial charge in [-0.25, -0.2) is 13.2 Å². The number of carbonyl (C=O) groups excluding carboxylic acids is 1. The molecule has 0 amide bonds. The minimum absolute atomic E-state index is 0.0704. The van der Waals surface area contributed by atoms with Crippen molar-refractivity contribution in [3.8, 4) is 11.5 Å². The largest absolute Gasteiger partial charge is 0.508 e. The predicted molar refractivity (Wildman–Crippen MR) is 85.7 cm³/mol. The lowest BCUT2D eigenvalue weighted by Crippen LogP contribution is -2.28. The number of benzene rings is 1. The van der Waals surface area contributed by atoms with Gasteiger partial charge in [-0.3, -0.25) is 0 Å². The Morgan fingerprint density at radius 2 is 1.96 bits per heavy atom. The van der Waals surface area contributed by atoms with Crippen molar-refractivity contribution < 1.29 is 32.7 Å². The maximum Gasteiger partial charge on any atom is 0.341 e. The van der Waals surface area contributed by atoms with Crippen LogP contribution in [-0.2, 0) is 21.3 Å². The molecule has 0 radical (unpaired) electrons. The number of hydrogen-bond acceptors (Lipinski definition) is 8. The van der Waals surface area contributed by atoms with Crippen molar-refractivity contribution in [1.29, 1.82) is 0 Å². The van der Waals surface area contributed by atoms with E-state index in [1.54, 1.807) is 0 Å². The summed E-state index contributed by atoms with van der Waals surface area (Å²) in [4.78, 5) is 11.8. The second kappa shape index (κ2) is 6.73. The first-order valence-electron chi connectivity index (χ1n) is 7.12. The first-order chi connectivity index (χ1) is 11.6. The fraction of sp³-hybridized carbons (Fsp3) is 0.333. The first-order valence-corrected chi connectivity index (χ1v) is 8.56. The zero-order valence-corrected chi connectivity index (χ0v) is 14.9. The fourth-order valence-electron chi connectivity index (χ4n) is 2.46. The Morgan fingerprint density at radius 1 is 1.32 bits per heavy atom. The molecule has 136 valence electrons. The number of aryl methyl sites for hydroxylation is 2. The van der Waals surface area contributed by atoms with Gasteiger partial charge >= 0.3 is 5.97 Å². The highest BCUT2D eigenvalue weighted by atomic mass is 32.2. The van der Waals surface area contributed by atoms with Crippen LogP contribution in [0.4, 0.5) is 0 Å². The second-order valence-corrected chi connectivity index (χ2v) is 7.39. The molecule has 0 spiro atoms. The second-order valence-electron chi connectivity index (χ2n) is 5.40. The van der Waals surface area contributed by atoms with E-state index in [2.05, 4.69) is 9.89 Å². The fourth-order valence-corrected chi connectivity index (χ4v) is 3.89. The Bertz CT molecular complexity index is 899. The summed E-state index contributed by atoms with van der Waals surface area (Å²) in [6.45, 7) is 2.68. The minimum atomic E-state index is -3.97. The summed E-state index contributed by atoms with van der Waals surface area (Å²) in [7, 11) is -1.55. The number of sulfonamides is 1. The quantitative estimate of drug-likeness (QED) is 0.754. The zero-order chi connectivity index (χ0) is 18.9. The molecule has 0 aliphatic heterocycles. The number of methoxy groups -OCH3 is 1. The molecule has 0 saturated heterocycles. The number of ether oxygens (including phenoxy) is 1. The summed E-state index contributed by atoms with van der Waals surface area (Å²) in [5.74, 6) is -1.54. The number of phenolic OH excluding ortho intramolecular Hbond substituents is 2. The van der Waals surface area contributed by atoms with Gasteiger partial charge in [-0.15, -0.1) is 0 Å². The van der Waals surface area contributed by atoms with Crippen LogP contribution in [0.3, 0.4) is 0 Å². The molecule has 0 atom stereocenters. The molecule has 10 heteroatoms. The summed E-state index contributed by atoms with van der Waals surface area (Å²) in [6.07, 6.45) is 0. The van der Waals surface area contributed by atoms with Crippen molar-refractivity contribution in [1.82, 2.24) is 9.46 Å². The maximum atomic E-state index is 12.7. The number of nitrogens with zero attached hydrogens (tertiary/aromatic N) is 2. The van der Waals surface area contributed by atoms with E-state index < -0.39 is 21.7 Å². The maximum absolute atomic E-state index is 12.7. The minimum Gasteiger partial charge on any atom is -0.508 e. The smallest absolute Gasteiger partial charge is 0.341 e. The molecule has 0 fully saturated rings. The molecule has 9 nitrogen and oxygen atoms in total. The summed E-state index contributed by atoms with van der Waals surface area (Å²) >= 11 is 0. The summed E-state index contributed by atoms with van der Waals surface area (Å²) in [5, 5.41) is 23.2. The van der Waals surface area contributed by atoms with E-state index in [9.17, 15) is 23.4 Å². The van der Waals surface area contributed by atoms with Crippen LogP contribution in [0, 0.1) is 13.8 Å². The lowest BCUT2D eigenvalue weighted by molar-refractivity contribution is 0.0595. The Labute approximate surface area is 144 Å². The van der Waals surface area contributed by atoms with E-state index in [0.29, 0.717) is 0 Å². The molecule has 0 unspecified atom stereocenters. The van der Waals surface area contributed by atoms with Crippen LogP contribution in [0.15, 0.2) is 21.6 Å². The van der Waals surface area contributed by atoms with E-state index in [1.807, 2.05) is 0 Å². The average molecular weight is 370 g/mol. The Kier molecular flexibility index (Phi) is 5.04. The van der Waals surface area contributed by atoms with Gasteiger partial charge in [0, 0.05) is 19.7 Å². The van der Waals surface area contributed by atoms with Crippen molar-refractivity contribution >= 4 is 16.0 Å². The van der Waals surface area contributed by atoms with Crippen molar-refractivity contribution in [2.45, 2.75) is 25.3 Å². The average Bonchev–Trinajstić information content (AvgIpc) is 2.85. The van der Waals surface area contributed by atoms with Gasteiger partial charge in [-0.05, 0) is 25.5 Å². The van der Waals surface area contributed by atoms with Crippen LogP contribution in [0.1, 0.15) is 27.4 Å². The number of phenols is 2. The molecule has 0 aliphatic rings. The third kappa shape index (κ3) is 3.44. The van der Waals surface area contributed by atoms with Crippen LogP contribution in [-0.4, -0.2) is 48.2 Å². The number of aromatic hydroxyl groups is 2. The van der Waals surface area contributed by atoms with Crippen LogP contribution < -0.4 is 0 Å². The molecule has 1 aromatic carbocycles. The summed E-state index contributed by atoms with van der Waals surface area (Å²) in [6, 6.07) is 2.16. The Balaban J connectivity index is 2.48. The van der Waals surface area contributed by atoms with Crippen LogP contribution >= 0.6 is 0 Å². The lowest BCUT2D eigenvalue weighted by atomic mass is 10.1. The standard InChI is InChI=1S/C15H18N2O7S/c1-8-14(9(2)24-16-8)25(21,22)17(3)7-10-5-11(18)6-12(19)13(10)15(20)23-4/h5-6,18-19H,7H2,1-4H3. The Morgan fingerprint density at radius 3 is 2.48 bits per heavy atom. The summed E-state index contributed by atoms with van der Waals surface area (Å²) < 4.78 is 35.9. The third-order valence-electron chi connectivity index (χ3n) is 3.60. The monoisotopic (exact) mass is 370 g/mol. The highest BCUT2D eigenvalue weighted by Crippen LogP contribution is 2.30. The van der Waals surface area contributed by atoms with Gasteiger partial charge in [0.25, 0.3) is 0 Å². The molecule has 0 aliphatic carbocycles. The van der Waals surface area contributed by atoms with Crippen LogP contribution in [0.2, 0.25) is 0 Å². The van der Waals surface area contributed by atoms with Crippen molar-refractivity contribution in [2.75, 3.05) is 14.2 Å². The van der Waals surface area contributed by atoms with Gasteiger partial charge in [0.1, 0.15) is 27.7 Å². The molecule has 2 N–H and O–H groups in total. The molecular formula is C15H18N2O7S. The first kappa shape index (κ1) is 18.7. The number of hydrogen-bond donors (Lipinski definition) is 2. The topological polar surface area (TPSA) is 130 Å². The third-order valence-corrected chi connectivity index (χ3v) is 5.65. The van der Waals surface area contributed by atoms with E-state index in [-0.39, 0.29) is 39.8 Å². The molecule has 0 saturated carbocycles. The van der Waals surface area contributed by atoms with Gasteiger partial charge in [-0.1, -0.05) is 5.16 Å². The highest BCUT2D eigenvalue weighted by molar-refractivity contribution is 7.89. The number of carbonyl (C=O) groups is 1. The Hall–Kier alpha value is -2.59. The zero-order valence-electron chi connectivity index (χ0n) is 14.1. The van der Waals surface area contributed by atoms with Gasteiger partial charge in [0.05, 0.1) is 7.11 Å².